The second kappa shape index (κ2) is 6.69. The van der Waals surface area contributed by atoms with Gasteiger partial charge in [0.15, 0.2) is 0 Å². The van der Waals surface area contributed by atoms with E-state index in [2.05, 4.69) is 0 Å². The highest BCUT2D eigenvalue weighted by Crippen LogP contribution is 2.24. The predicted octanol–water partition coefficient (Wildman–Crippen LogP) is 1.44. The van der Waals surface area contributed by atoms with Gasteiger partial charge >= 0.3 is 0 Å². The minimum atomic E-state index is -0.436. The predicted molar refractivity (Wildman–Crippen MR) is 69.5 cm³/mol. The van der Waals surface area contributed by atoms with Crippen LogP contribution < -0.4 is 16.0 Å². The van der Waals surface area contributed by atoms with Crippen molar-refractivity contribution < 1.29 is 14.5 Å². The largest absolute Gasteiger partial charge is 0.491 e. The van der Waals surface area contributed by atoms with E-state index in [0.29, 0.717) is 17.7 Å². The molecule has 0 radical (unpaired) electrons. The second-order valence-corrected chi connectivity index (χ2v) is 4.24. The molecule has 0 saturated heterocycles. The van der Waals surface area contributed by atoms with Crippen LogP contribution in [0.3, 0.4) is 0 Å². The Morgan fingerprint density at radius 2 is 2.26 bits per heavy atom. The molecule has 7 nitrogen and oxygen atoms in total. The van der Waals surface area contributed by atoms with E-state index in [4.69, 9.17) is 10.6 Å². The summed E-state index contributed by atoms with van der Waals surface area (Å²) in [4.78, 5) is 21.2. The number of hydrazine groups is 1. The van der Waals surface area contributed by atoms with Crippen LogP contribution in [0.1, 0.15) is 25.3 Å². The van der Waals surface area contributed by atoms with Gasteiger partial charge < -0.3 is 4.74 Å². The molecule has 0 spiro atoms. The van der Waals surface area contributed by atoms with Gasteiger partial charge in [0.2, 0.25) is 5.91 Å². The number of ether oxygens (including phenoxy) is 1. The van der Waals surface area contributed by atoms with E-state index in [1.807, 2.05) is 12.3 Å². The molecule has 104 valence electrons. The van der Waals surface area contributed by atoms with Crippen LogP contribution in [0.2, 0.25) is 0 Å². The zero-order valence-electron chi connectivity index (χ0n) is 10.9. The van der Waals surface area contributed by atoms with Crippen LogP contribution in [0.4, 0.5) is 5.69 Å². The van der Waals surface area contributed by atoms with Gasteiger partial charge in [0.05, 0.1) is 11.0 Å². The van der Waals surface area contributed by atoms with Gasteiger partial charge in [0, 0.05) is 18.1 Å². The van der Waals surface area contributed by atoms with Crippen molar-refractivity contribution in [3.05, 3.63) is 33.9 Å². The van der Waals surface area contributed by atoms with Gasteiger partial charge in [-0.25, -0.2) is 5.84 Å². The van der Waals surface area contributed by atoms with Crippen LogP contribution in [0.5, 0.6) is 5.75 Å². The zero-order chi connectivity index (χ0) is 14.4. The first kappa shape index (κ1) is 14.9. The highest BCUT2D eigenvalue weighted by Gasteiger charge is 2.12. The summed E-state index contributed by atoms with van der Waals surface area (Å²) in [5.41, 5.74) is 2.64. The Balaban J connectivity index is 2.60. The Bertz CT molecular complexity index is 476. The molecule has 0 fully saturated rings. The Morgan fingerprint density at radius 1 is 1.58 bits per heavy atom. The lowest BCUT2D eigenvalue weighted by Crippen LogP contribution is -2.30. The third-order valence-corrected chi connectivity index (χ3v) is 2.64. The molecule has 1 atom stereocenters. The van der Waals surface area contributed by atoms with Crippen LogP contribution in [-0.4, -0.2) is 16.9 Å². The third kappa shape index (κ3) is 4.55. The number of benzene rings is 1. The van der Waals surface area contributed by atoms with Crippen molar-refractivity contribution in [2.75, 3.05) is 0 Å². The van der Waals surface area contributed by atoms with Crippen molar-refractivity contribution in [1.82, 2.24) is 5.43 Å². The molecule has 1 aromatic carbocycles. The normalized spacial score (nSPS) is 11.7. The lowest BCUT2D eigenvalue weighted by Gasteiger charge is -2.14. The second-order valence-electron chi connectivity index (χ2n) is 4.24. The number of rotatable bonds is 6. The fourth-order valence-corrected chi connectivity index (χ4v) is 1.60. The molecule has 0 bridgehead atoms. The van der Waals surface area contributed by atoms with E-state index in [1.165, 1.54) is 6.07 Å². The number of nitrogens with zero attached hydrogens (tertiary/aromatic N) is 1. The lowest BCUT2D eigenvalue weighted by molar-refractivity contribution is -0.385. The first-order valence-corrected chi connectivity index (χ1v) is 5.85. The first-order valence-electron chi connectivity index (χ1n) is 5.85. The SMILES string of the molecule is Cc1cc(OC(C)CCC(=O)NN)ccc1[N+](=O)[O-]. The van der Waals surface area contributed by atoms with Crippen molar-refractivity contribution >= 4 is 11.6 Å². The standard InChI is InChI=1S/C12H17N3O4/c1-8-7-10(4-5-11(8)15(17)18)19-9(2)3-6-12(16)14-13/h4-5,7,9H,3,6,13H2,1-2H3,(H,14,16). The van der Waals surface area contributed by atoms with Crippen LogP contribution in [0.25, 0.3) is 0 Å². The highest BCUT2D eigenvalue weighted by atomic mass is 16.6. The van der Waals surface area contributed by atoms with E-state index >= 15 is 0 Å². The van der Waals surface area contributed by atoms with Gasteiger partial charge in [-0.2, -0.15) is 0 Å². The van der Waals surface area contributed by atoms with Crippen molar-refractivity contribution in [2.24, 2.45) is 5.84 Å². The topological polar surface area (TPSA) is 107 Å². The number of hydrogen-bond donors (Lipinski definition) is 2. The average molecular weight is 267 g/mol. The van der Waals surface area contributed by atoms with Crippen LogP contribution in [0, 0.1) is 17.0 Å². The number of hydrogen-bond acceptors (Lipinski definition) is 5. The van der Waals surface area contributed by atoms with Crippen LogP contribution >= 0.6 is 0 Å². The number of aryl methyl sites for hydroxylation is 1. The molecule has 0 heterocycles. The number of carbonyl (C=O) groups is 1. The minimum absolute atomic E-state index is 0.0579. The summed E-state index contributed by atoms with van der Waals surface area (Å²) in [5.74, 6) is 5.26. The molecule has 0 saturated carbocycles. The molecule has 3 N–H and O–H groups in total. The third-order valence-electron chi connectivity index (χ3n) is 2.64. The molecule has 0 aliphatic carbocycles. The lowest BCUT2D eigenvalue weighted by atomic mass is 10.2. The van der Waals surface area contributed by atoms with E-state index < -0.39 is 4.92 Å². The molecular formula is C12H17N3O4. The summed E-state index contributed by atoms with van der Waals surface area (Å²) in [7, 11) is 0. The number of carbonyl (C=O) groups excluding carboxylic acids is 1. The molecule has 1 amide bonds. The van der Waals surface area contributed by atoms with Gasteiger partial charge in [-0.05, 0) is 32.4 Å². The van der Waals surface area contributed by atoms with Crippen LogP contribution in [0.15, 0.2) is 18.2 Å². The fourth-order valence-electron chi connectivity index (χ4n) is 1.60. The Labute approximate surface area is 110 Å². The fraction of sp³-hybridized carbons (Fsp3) is 0.417. The Hall–Kier alpha value is -2.15. The summed E-state index contributed by atoms with van der Waals surface area (Å²) in [6.07, 6.45) is 0.598. The van der Waals surface area contributed by atoms with Gasteiger partial charge in [-0.3, -0.25) is 20.3 Å². The maximum Gasteiger partial charge on any atom is 0.272 e. The average Bonchev–Trinajstić information content (AvgIpc) is 2.35. The number of amides is 1. The van der Waals surface area contributed by atoms with Gasteiger partial charge in [0.1, 0.15) is 5.75 Å². The maximum atomic E-state index is 11.0. The maximum absolute atomic E-state index is 11.0. The quantitative estimate of drug-likeness (QED) is 0.351. The number of nitro benzene ring substituents is 1. The highest BCUT2D eigenvalue weighted by molar-refractivity contribution is 5.75. The molecule has 0 aliphatic rings. The van der Waals surface area contributed by atoms with E-state index in [-0.39, 0.29) is 24.1 Å². The van der Waals surface area contributed by atoms with Crippen molar-refractivity contribution in [1.29, 1.82) is 0 Å². The van der Waals surface area contributed by atoms with Crippen LogP contribution in [-0.2, 0) is 4.79 Å². The number of nitrogens with two attached hydrogens (primary N) is 1. The van der Waals surface area contributed by atoms with Gasteiger partial charge in [-0.15, -0.1) is 0 Å². The molecule has 1 unspecified atom stereocenters. The monoisotopic (exact) mass is 267 g/mol. The summed E-state index contributed by atoms with van der Waals surface area (Å²) >= 11 is 0. The molecule has 0 aliphatic heterocycles. The summed E-state index contributed by atoms with van der Waals surface area (Å²) in [5, 5.41) is 10.7. The van der Waals surface area contributed by atoms with E-state index in [1.54, 1.807) is 19.1 Å². The van der Waals surface area contributed by atoms with E-state index in [0.717, 1.165) is 0 Å². The number of nitro groups is 1. The molecule has 0 aromatic heterocycles. The summed E-state index contributed by atoms with van der Waals surface area (Å²) in [6.45, 7) is 3.47. The van der Waals surface area contributed by atoms with Crippen molar-refractivity contribution in [3.8, 4) is 5.75 Å². The Morgan fingerprint density at radius 3 is 2.79 bits per heavy atom. The molecule has 1 aromatic rings. The molecule has 19 heavy (non-hydrogen) atoms. The molecule has 7 heteroatoms. The van der Waals surface area contributed by atoms with Crippen molar-refractivity contribution in [3.63, 3.8) is 0 Å². The zero-order valence-corrected chi connectivity index (χ0v) is 10.9. The minimum Gasteiger partial charge on any atom is -0.491 e. The summed E-state index contributed by atoms with van der Waals surface area (Å²) in [6, 6.07) is 4.56. The van der Waals surface area contributed by atoms with Crippen molar-refractivity contribution in [2.45, 2.75) is 32.8 Å². The van der Waals surface area contributed by atoms with Gasteiger partial charge in [-0.1, -0.05) is 0 Å². The Kier molecular flexibility index (Phi) is 5.25. The van der Waals surface area contributed by atoms with E-state index in [9.17, 15) is 14.9 Å². The first-order chi connectivity index (χ1) is 8.93. The number of nitrogens with one attached hydrogen (secondary N) is 1. The van der Waals surface area contributed by atoms with Gasteiger partial charge in [0.25, 0.3) is 5.69 Å². The smallest absolute Gasteiger partial charge is 0.272 e. The summed E-state index contributed by atoms with van der Waals surface area (Å²) < 4.78 is 5.58. The molecule has 1 rings (SSSR count). The molecular weight excluding hydrogens is 250 g/mol.